The van der Waals surface area contributed by atoms with Crippen LogP contribution in [0.5, 0.6) is 11.5 Å². The van der Waals surface area contributed by atoms with Crippen molar-refractivity contribution < 1.29 is 4.74 Å². The van der Waals surface area contributed by atoms with Crippen molar-refractivity contribution in [3.05, 3.63) is 138 Å². The van der Waals surface area contributed by atoms with Gasteiger partial charge in [0.25, 0.3) is 0 Å². The second-order valence-electron chi connectivity index (χ2n) is 17.2. The maximum absolute atomic E-state index is 6.87. The molecule has 5 atom stereocenters. The maximum Gasteiger partial charge on any atom is 0.133 e. The van der Waals surface area contributed by atoms with Gasteiger partial charge in [0.1, 0.15) is 11.5 Å². The molecule has 2 heteroatoms. The Kier molecular flexibility index (Phi) is 6.26. The predicted molar refractivity (Wildman–Crippen MR) is 202 cm³/mol. The van der Waals surface area contributed by atoms with Crippen molar-refractivity contribution in [3.8, 4) is 22.6 Å². The van der Waals surface area contributed by atoms with Gasteiger partial charge in [0, 0.05) is 27.9 Å². The average molecular weight is 642 g/mol. The Labute approximate surface area is 292 Å². The lowest BCUT2D eigenvalue weighted by atomic mass is 9.56. The first-order valence-electron chi connectivity index (χ1n) is 18.8. The minimum absolute atomic E-state index is 0.0187. The van der Waals surface area contributed by atoms with Crippen LogP contribution in [0.1, 0.15) is 88.5 Å². The van der Waals surface area contributed by atoms with Crippen molar-refractivity contribution in [1.82, 2.24) is 0 Å². The van der Waals surface area contributed by atoms with Crippen LogP contribution in [0, 0.1) is 23.7 Å². The van der Waals surface area contributed by atoms with Crippen molar-refractivity contribution in [1.29, 1.82) is 0 Å². The molecule has 5 aromatic rings. The molecule has 0 saturated heterocycles. The molecule has 1 spiro atoms. The van der Waals surface area contributed by atoms with Crippen molar-refractivity contribution in [2.75, 3.05) is 4.90 Å². The van der Waals surface area contributed by atoms with Crippen LogP contribution in [0.25, 0.3) is 11.1 Å². The molecular formula is C47H47NO. The van der Waals surface area contributed by atoms with Crippen LogP contribution in [0.3, 0.4) is 0 Å². The van der Waals surface area contributed by atoms with Gasteiger partial charge >= 0.3 is 0 Å². The van der Waals surface area contributed by atoms with E-state index >= 15 is 0 Å². The molecule has 6 aliphatic rings. The fourth-order valence-electron chi connectivity index (χ4n) is 11.5. The molecule has 4 saturated carbocycles. The van der Waals surface area contributed by atoms with Crippen molar-refractivity contribution >= 4 is 17.1 Å². The van der Waals surface area contributed by atoms with Gasteiger partial charge in [-0.05, 0) is 138 Å². The first-order valence-corrected chi connectivity index (χ1v) is 18.8. The van der Waals surface area contributed by atoms with Gasteiger partial charge in [0.15, 0.2) is 0 Å². The highest BCUT2D eigenvalue weighted by Crippen LogP contribution is 2.73. The summed E-state index contributed by atoms with van der Waals surface area (Å²) in [6.07, 6.45) is 7.90. The summed E-state index contributed by atoms with van der Waals surface area (Å²) in [6, 6.07) is 43.4. The highest BCUT2D eigenvalue weighted by Gasteiger charge is 2.66. The van der Waals surface area contributed by atoms with Gasteiger partial charge in [-0.15, -0.1) is 0 Å². The zero-order valence-electron chi connectivity index (χ0n) is 29.4. The van der Waals surface area contributed by atoms with Crippen molar-refractivity contribution in [3.63, 3.8) is 0 Å². The Balaban J connectivity index is 1.13. The Morgan fingerprint density at radius 2 is 1.27 bits per heavy atom. The Bertz CT molecular complexity index is 2090. The van der Waals surface area contributed by atoms with Crippen molar-refractivity contribution in [2.45, 2.75) is 82.5 Å². The first-order chi connectivity index (χ1) is 23.7. The molecule has 4 bridgehead atoms. The number of fused-ring (bicyclic) bond motifs is 3. The standard InChI is InChI=1S/C47H47NO/c1-45(2)23-24-46(3,4)40-29-32(19-22-37(40)45)31-17-20-36(21-18-31)48(35-11-6-5-7-12-35)41-14-10-16-43-44(41)47(38-13-8-9-15-42(38)49-43)34-26-30-25-33(28-34)39(47)27-30/h5-22,29-30,33-34,39H,23-28H2,1-4H3. The normalized spacial score (nSPS) is 27.7. The van der Waals surface area contributed by atoms with Crippen molar-refractivity contribution in [2.24, 2.45) is 23.7 Å². The van der Waals surface area contributed by atoms with E-state index in [0.717, 1.165) is 23.3 Å². The molecule has 5 aromatic carbocycles. The number of anilines is 3. The molecule has 0 N–H and O–H groups in total. The number of para-hydroxylation sites is 2. The molecule has 4 fully saturated rings. The number of hydrogen-bond acceptors (Lipinski definition) is 2. The molecule has 1 heterocycles. The Morgan fingerprint density at radius 1 is 0.571 bits per heavy atom. The van der Waals surface area contributed by atoms with Crippen LogP contribution < -0.4 is 9.64 Å². The smallest absolute Gasteiger partial charge is 0.133 e. The lowest BCUT2D eigenvalue weighted by Gasteiger charge is -2.50. The predicted octanol–water partition coefficient (Wildman–Crippen LogP) is 12.6. The first kappa shape index (κ1) is 29.6. The SMILES string of the molecule is CC1(C)CCC(C)(C)c2cc(-c3ccc(N(c4ccccc4)c4cccc5c4C4(c6ccccc6O5)C5CC6CC(C5)C4C6)cc3)ccc21. The molecule has 0 amide bonds. The fraction of sp³-hybridized carbons (Fsp3) is 0.362. The second kappa shape index (κ2) is 10.4. The summed E-state index contributed by atoms with van der Waals surface area (Å²) in [4.78, 5) is 2.51. The summed E-state index contributed by atoms with van der Waals surface area (Å²) in [5.41, 5.74) is 12.5. The quantitative estimate of drug-likeness (QED) is 0.194. The van der Waals surface area contributed by atoms with Gasteiger partial charge in [0.2, 0.25) is 0 Å². The third-order valence-corrected chi connectivity index (χ3v) is 13.8. The van der Waals surface area contributed by atoms with Crippen LogP contribution in [0.4, 0.5) is 17.1 Å². The highest BCUT2D eigenvalue weighted by atomic mass is 16.5. The highest BCUT2D eigenvalue weighted by molar-refractivity contribution is 5.84. The van der Waals surface area contributed by atoms with Crippen LogP contribution in [0.15, 0.2) is 115 Å². The van der Waals surface area contributed by atoms with Gasteiger partial charge in [-0.2, -0.15) is 0 Å². The number of nitrogens with zero attached hydrogens (tertiary/aromatic N) is 1. The van der Waals surface area contributed by atoms with E-state index in [1.807, 2.05) is 0 Å². The second-order valence-corrected chi connectivity index (χ2v) is 17.2. The van der Waals surface area contributed by atoms with Gasteiger partial charge in [0.05, 0.1) is 5.69 Å². The minimum atomic E-state index is -0.0187. The Morgan fingerprint density at radius 3 is 2.06 bits per heavy atom. The molecule has 0 aromatic heterocycles. The van der Waals surface area contributed by atoms with Gasteiger partial charge in [-0.1, -0.05) is 100 Å². The number of hydrogen-bond donors (Lipinski definition) is 0. The molecular weight excluding hydrogens is 595 g/mol. The summed E-state index contributed by atoms with van der Waals surface area (Å²) < 4.78 is 6.87. The van der Waals surface area contributed by atoms with E-state index in [1.165, 1.54) is 89.0 Å². The summed E-state index contributed by atoms with van der Waals surface area (Å²) in [7, 11) is 0. The zero-order valence-corrected chi connectivity index (χ0v) is 29.4. The van der Waals surface area contributed by atoms with E-state index in [4.69, 9.17) is 4.74 Å². The summed E-state index contributed by atoms with van der Waals surface area (Å²) in [5, 5.41) is 0. The molecule has 1 aliphatic heterocycles. The number of benzene rings is 5. The molecule has 49 heavy (non-hydrogen) atoms. The lowest BCUT2D eigenvalue weighted by Crippen LogP contribution is -2.44. The summed E-state index contributed by atoms with van der Waals surface area (Å²) in [6.45, 7) is 9.66. The molecule has 5 unspecified atom stereocenters. The van der Waals surface area contributed by atoms with Gasteiger partial charge in [-0.3, -0.25) is 0 Å². The molecule has 11 rings (SSSR count). The average Bonchev–Trinajstić information content (AvgIpc) is 3.53. The summed E-state index contributed by atoms with van der Waals surface area (Å²) in [5.74, 6) is 5.13. The topological polar surface area (TPSA) is 12.5 Å². The minimum Gasteiger partial charge on any atom is -0.457 e. The van der Waals surface area contributed by atoms with E-state index in [9.17, 15) is 0 Å². The zero-order chi connectivity index (χ0) is 33.1. The maximum atomic E-state index is 6.87. The van der Waals surface area contributed by atoms with Gasteiger partial charge in [-0.25, -0.2) is 0 Å². The third kappa shape index (κ3) is 4.19. The fourth-order valence-corrected chi connectivity index (χ4v) is 11.5. The molecule has 5 aliphatic carbocycles. The van der Waals surface area contributed by atoms with E-state index in [-0.39, 0.29) is 16.2 Å². The van der Waals surface area contributed by atoms with E-state index in [1.54, 1.807) is 0 Å². The Hall–Kier alpha value is -4.30. The number of rotatable bonds is 4. The van der Waals surface area contributed by atoms with Crippen LogP contribution in [-0.4, -0.2) is 0 Å². The summed E-state index contributed by atoms with van der Waals surface area (Å²) >= 11 is 0. The van der Waals surface area contributed by atoms with Crippen LogP contribution in [-0.2, 0) is 16.2 Å². The van der Waals surface area contributed by atoms with Crippen LogP contribution in [0.2, 0.25) is 0 Å². The lowest BCUT2D eigenvalue weighted by molar-refractivity contribution is 0.174. The molecule has 246 valence electrons. The number of ether oxygens (including phenoxy) is 1. The van der Waals surface area contributed by atoms with Crippen LogP contribution >= 0.6 is 0 Å². The van der Waals surface area contributed by atoms with Gasteiger partial charge < -0.3 is 9.64 Å². The monoisotopic (exact) mass is 641 g/mol. The molecule has 0 radical (unpaired) electrons. The van der Waals surface area contributed by atoms with E-state index < -0.39 is 0 Å². The van der Waals surface area contributed by atoms with E-state index in [0.29, 0.717) is 11.8 Å². The van der Waals surface area contributed by atoms with E-state index in [2.05, 4.69) is 148 Å². The molecule has 2 nitrogen and oxygen atoms in total. The third-order valence-electron chi connectivity index (χ3n) is 13.8. The largest absolute Gasteiger partial charge is 0.457 e.